The van der Waals surface area contributed by atoms with Crippen molar-refractivity contribution in [1.29, 1.82) is 10.7 Å². The molecule has 1 fully saturated rings. The number of nitrogens with one attached hydrogen (secondary N) is 2. The van der Waals surface area contributed by atoms with Gasteiger partial charge >= 0.3 is 0 Å². The maximum Gasteiger partial charge on any atom is 0.127 e. The predicted molar refractivity (Wildman–Crippen MR) is 116 cm³/mol. The van der Waals surface area contributed by atoms with Crippen LogP contribution in [0, 0.1) is 22.6 Å². The first-order chi connectivity index (χ1) is 14.0. The Labute approximate surface area is 174 Å². The third-order valence-electron chi connectivity index (χ3n) is 4.58. The van der Waals surface area contributed by atoms with Crippen molar-refractivity contribution in [3.8, 4) is 11.8 Å². The standard InChI is InChI=1S/C21H31FN4O.CH3N/c1-4-9-24-19(5-8-23)16-26-10-6-20(7-11-26)27-21-13-17(15-25(2)3)12-18(22)14-21;1-2/h4,9,12-14,19-20,24H,5-7,10-11,15-16H2,1-3H3;2H,1H2/b9-4-;. The summed E-state index contributed by atoms with van der Waals surface area (Å²) in [7, 11) is 3.93. The van der Waals surface area contributed by atoms with Gasteiger partial charge in [-0.1, -0.05) is 6.08 Å². The van der Waals surface area contributed by atoms with E-state index in [0.29, 0.717) is 18.7 Å². The summed E-state index contributed by atoms with van der Waals surface area (Å²) in [6.07, 6.45) is 6.23. The molecule has 1 aromatic carbocycles. The first-order valence-electron chi connectivity index (χ1n) is 9.93. The zero-order valence-electron chi connectivity index (χ0n) is 17.8. The van der Waals surface area contributed by atoms with E-state index < -0.39 is 0 Å². The van der Waals surface area contributed by atoms with Gasteiger partial charge in [0, 0.05) is 32.2 Å². The minimum atomic E-state index is -0.254. The number of nitrogens with zero attached hydrogens (tertiary/aromatic N) is 3. The first-order valence-corrected chi connectivity index (χ1v) is 9.93. The molecule has 0 bridgehead atoms. The summed E-state index contributed by atoms with van der Waals surface area (Å²) in [6, 6.07) is 7.34. The second-order valence-corrected chi connectivity index (χ2v) is 7.38. The third kappa shape index (κ3) is 9.55. The van der Waals surface area contributed by atoms with E-state index in [9.17, 15) is 4.39 Å². The molecule has 0 saturated carbocycles. The van der Waals surface area contributed by atoms with Crippen molar-refractivity contribution >= 4 is 6.72 Å². The Hall–Kier alpha value is -2.43. The Bertz CT molecular complexity index is 666. The highest BCUT2D eigenvalue weighted by Gasteiger charge is 2.22. The van der Waals surface area contributed by atoms with Gasteiger partial charge in [0.1, 0.15) is 17.7 Å². The van der Waals surface area contributed by atoms with Crippen molar-refractivity contribution < 1.29 is 9.13 Å². The molecular formula is C22H34FN5O. The van der Waals surface area contributed by atoms with Crippen molar-refractivity contribution in [2.45, 2.75) is 44.9 Å². The average Bonchev–Trinajstić information content (AvgIpc) is 2.68. The minimum absolute atomic E-state index is 0.105. The number of hydrogen-bond donors (Lipinski definition) is 2. The number of allylic oxidation sites excluding steroid dienone is 1. The molecule has 6 nitrogen and oxygen atoms in total. The summed E-state index contributed by atoms with van der Waals surface area (Å²) < 4.78 is 19.9. The highest BCUT2D eigenvalue weighted by molar-refractivity contribution is 5.30. The van der Waals surface area contributed by atoms with Crippen LogP contribution in [-0.4, -0.2) is 62.4 Å². The first kappa shape index (κ1) is 24.6. The van der Waals surface area contributed by atoms with Gasteiger partial charge in [-0.15, -0.1) is 0 Å². The molecule has 0 aromatic heterocycles. The van der Waals surface area contributed by atoms with Crippen LogP contribution in [0.5, 0.6) is 5.75 Å². The maximum atomic E-state index is 13.9. The van der Waals surface area contributed by atoms with Crippen molar-refractivity contribution in [3.63, 3.8) is 0 Å². The van der Waals surface area contributed by atoms with Crippen LogP contribution in [0.25, 0.3) is 0 Å². The van der Waals surface area contributed by atoms with Gasteiger partial charge in [0.25, 0.3) is 0 Å². The van der Waals surface area contributed by atoms with Gasteiger partial charge < -0.3 is 25.3 Å². The molecule has 0 spiro atoms. The highest BCUT2D eigenvalue weighted by Crippen LogP contribution is 2.22. The number of rotatable bonds is 9. The van der Waals surface area contributed by atoms with E-state index in [-0.39, 0.29) is 18.0 Å². The van der Waals surface area contributed by atoms with Gasteiger partial charge in [-0.2, -0.15) is 5.26 Å². The summed E-state index contributed by atoms with van der Waals surface area (Å²) >= 11 is 0. The molecule has 2 N–H and O–H groups in total. The summed E-state index contributed by atoms with van der Waals surface area (Å²) in [4.78, 5) is 4.37. The molecule has 1 aliphatic heterocycles. The van der Waals surface area contributed by atoms with E-state index in [0.717, 1.165) is 38.0 Å². The van der Waals surface area contributed by atoms with E-state index in [4.69, 9.17) is 15.4 Å². The Morgan fingerprint density at radius 2 is 2.07 bits per heavy atom. The quantitative estimate of drug-likeness (QED) is 0.618. The third-order valence-corrected chi connectivity index (χ3v) is 4.58. The van der Waals surface area contributed by atoms with Crippen molar-refractivity contribution in [2.24, 2.45) is 0 Å². The molecule has 29 heavy (non-hydrogen) atoms. The Balaban J connectivity index is 0.00000204. The smallest absolute Gasteiger partial charge is 0.127 e. The van der Waals surface area contributed by atoms with Crippen LogP contribution in [-0.2, 0) is 6.54 Å². The van der Waals surface area contributed by atoms with E-state index in [1.165, 1.54) is 6.07 Å². The number of likely N-dealkylation sites (tertiary alicyclic amines) is 1. The van der Waals surface area contributed by atoms with Crippen molar-refractivity contribution in [1.82, 2.24) is 15.1 Å². The van der Waals surface area contributed by atoms with Crippen LogP contribution >= 0.6 is 0 Å². The van der Waals surface area contributed by atoms with Crippen LogP contribution in [0.3, 0.4) is 0 Å². The van der Waals surface area contributed by atoms with Crippen LogP contribution in [0.4, 0.5) is 4.39 Å². The lowest BCUT2D eigenvalue weighted by molar-refractivity contribution is 0.0955. The topological polar surface area (TPSA) is 75.4 Å². The van der Waals surface area contributed by atoms with Gasteiger partial charge in [0.15, 0.2) is 0 Å². The van der Waals surface area contributed by atoms with Gasteiger partial charge in [-0.3, -0.25) is 0 Å². The van der Waals surface area contributed by atoms with Gasteiger partial charge in [0.05, 0.1) is 18.5 Å². The van der Waals surface area contributed by atoms with E-state index in [1.807, 2.05) is 44.3 Å². The summed E-state index contributed by atoms with van der Waals surface area (Å²) in [5.74, 6) is 0.360. The molecule has 2 rings (SSSR count). The fourth-order valence-electron chi connectivity index (χ4n) is 3.38. The Morgan fingerprint density at radius 1 is 1.38 bits per heavy atom. The Kier molecular flexibility index (Phi) is 11.6. The molecule has 1 aliphatic rings. The lowest BCUT2D eigenvalue weighted by Crippen LogP contribution is -2.44. The molecule has 160 valence electrons. The number of nitriles is 1. The van der Waals surface area contributed by atoms with Gasteiger partial charge in [0.2, 0.25) is 0 Å². The number of piperidine rings is 1. The SMILES string of the molecule is C/C=C\NC(CC#N)CN1CCC(Oc2cc(F)cc(CN(C)C)c2)CC1.C=N. The molecule has 1 aromatic rings. The average molecular weight is 404 g/mol. The molecule has 0 radical (unpaired) electrons. The Morgan fingerprint density at radius 3 is 2.66 bits per heavy atom. The van der Waals surface area contributed by atoms with Crippen LogP contribution in [0.15, 0.2) is 30.5 Å². The summed E-state index contributed by atoms with van der Waals surface area (Å²) in [5, 5.41) is 17.8. The largest absolute Gasteiger partial charge is 0.490 e. The minimum Gasteiger partial charge on any atom is -0.490 e. The zero-order chi connectivity index (χ0) is 21.6. The fraction of sp³-hybridized carbons (Fsp3) is 0.545. The normalized spacial score (nSPS) is 16.1. The second-order valence-electron chi connectivity index (χ2n) is 7.38. The molecule has 0 amide bonds. The summed E-state index contributed by atoms with van der Waals surface area (Å²) in [5.41, 5.74) is 0.918. The lowest BCUT2D eigenvalue weighted by atomic mass is 10.1. The molecule has 0 aliphatic carbocycles. The maximum absolute atomic E-state index is 13.9. The molecule has 1 atom stereocenters. The molecule has 1 heterocycles. The summed E-state index contributed by atoms with van der Waals surface area (Å²) in [6.45, 7) is 7.83. The molecule has 1 saturated heterocycles. The van der Waals surface area contributed by atoms with E-state index in [1.54, 1.807) is 6.07 Å². The number of ether oxygens (including phenoxy) is 1. The monoisotopic (exact) mass is 403 g/mol. The number of benzene rings is 1. The van der Waals surface area contributed by atoms with Gasteiger partial charge in [-0.05, 0) is 64.5 Å². The predicted octanol–water partition coefficient (Wildman–Crippen LogP) is 3.40. The van der Waals surface area contributed by atoms with Crippen LogP contribution < -0.4 is 10.1 Å². The van der Waals surface area contributed by atoms with Crippen LogP contribution in [0.1, 0.15) is 31.7 Å². The lowest BCUT2D eigenvalue weighted by Gasteiger charge is -2.34. The molecule has 7 heteroatoms. The van der Waals surface area contributed by atoms with Crippen molar-refractivity contribution in [3.05, 3.63) is 41.9 Å². The second kappa shape index (κ2) is 13.7. The number of hydrogen-bond acceptors (Lipinski definition) is 6. The number of halogens is 1. The highest BCUT2D eigenvalue weighted by atomic mass is 19.1. The molecule has 1 unspecified atom stereocenters. The van der Waals surface area contributed by atoms with Crippen molar-refractivity contribution in [2.75, 3.05) is 33.7 Å². The van der Waals surface area contributed by atoms with Crippen LogP contribution in [0.2, 0.25) is 0 Å². The zero-order valence-corrected chi connectivity index (χ0v) is 17.8. The molecular weight excluding hydrogens is 369 g/mol. The van der Waals surface area contributed by atoms with E-state index >= 15 is 0 Å². The van der Waals surface area contributed by atoms with Gasteiger partial charge in [-0.25, -0.2) is 4.39 Å². The fourth-order valence-corrected chi connectivity index (χ4v) is 3.38. The van der Waals surface area contributed by atoms with E-state index in [2.05, 4.69) is 23.0 Å².